The van der Waals surface area contributed by atoms with E-state index in [0.29, 0.717) is 32.1 Å². The molecular weight excluding hydrogens is 404 g/mol. The van der Waals surface area contributed by atoms with Crippen molar-refractivity contribution in [1.29, 1.82) is 0 Å². The molecule has 32 heavy (non-hydrogen) atoms. The van der Waals surface area contributed by atoms with Gasteiger partial charge in [-0.05, 0) is 52.2 Å². The molecule has 1 amide bonds. The first kappa shape index (κ1) is 24.0. The molecule has 1 aromatic carbocycles. The van der Waals surface area contributed by atoms with Crippen LogP contribution in [-0.2, 0) is 11.3 Å². The number of hydrogen-bond acceptors (Lipinski definition) is 5. The molecule has 0 radical (unpaired) electrons. The van der Waals surface area contributed by atoms with Gasteiger partial charge in [-0.15, -0.1) is 0 Å². The number of amides is 1. The largest absolute Gasteiger partial charge is 0.465 e. The van der Waals surface area contributed by atoms with Gasteiger partial charge in [-0.2, -0.15) is 0 Å². The van der Waals surface area contributed by atoms with Gasteiger partial charge in [-0.25, -0.2) is 14.8 Å². The van der Waals surface area contributed by atoms with Crippen molar-refractivity contribution >= 4 is 11.9 Å². The van der Waals surface area contributed by atoms with Crippen LogP contribution in [0.15, 0.2) is 18.2 Å². The number of benzene rings is 1. The SMILES string of the molecule is Cc1ccc(C)c(-c2nc(C)c(COC(C)C)c(N3CCN(C(=O)O)C(C(C)C)C3)n2)c1. The molecule has 1 atom stereocenters. The third kappa shape index (κ3) is 5.21. The Morgan fingerprint density at radius 2 is 1.88 bits per heavy atom. The lowest BCUT2D eigenvalue weighted by atomic mass is 9.99. The molecule has 2 heterocycles. The van der Waals surface area contributed by atoms with Crippen LogP contribution in [0.5, 0.6) is 0 Å². The molecular formula is C25H36N4O3. The van der Waals surface area contributed by atoms with Gasteiger partial charge in [-0.1, -0.05) is 31.5 Å². The van der Waals surface area contributed by atoms with E-state index in [-0.39, 0.29) is 18.1 Å². The van der Waals surface area contributed by atoms with Gasteiger partial charge in [0.25, 0.3) is 0 Å². The number of nitrogens with zero attached hydrogens (tertiary/aromatic N) is 4. The zero-order valence-electron chi connectivity index (χ0n) is 20.3. The zero-order valence-corrected chi connectivity index (χ0v) is 20.3. The predicted molar refractivity (Wildman–Crippen MR) is 127 cm³/mol. The van der Waals surface area contributed by atoms with E-state index in [9.17, 15) is 9.90 Å². The second kappa shape index (κ2) is 9.86. The Hall–Kier alpha value is -2.67. The van der Waals surface area contributed by atoms with E-state index in [1.54, 1.807) is 4.90 Å². The van der Waals surface area contributed by atoms with E-state index < -0.39 is 6.09 Å². The number of anilines is 1. The highest BCUT2D eigenvalue weighted by molar-refractivity contribution is 5.67. The minimum absolute atomic E-state index is 0.0909. The highest BCUT2D eigenvalue weighted by Gasteiger charge is 2.34. The second-order valence-corrected chi connectivity index (χ2v) is 9.35. The number of carboxylic acid groups (broad SMARTS) is 1. The van der Waals surface area contributed by atoms with Crippen molar-refractivity contribution < 1.29 is 14.6 Å². The van der Waals surface area contributed by atoms with Crippen molar-refractivity contribution in [1.82, 2.24) is 14.9 Å². The first-order chi connectivity index (χ1) is 15.1. The average molecular weight is 441 g/mol. The number of aryl methyl sites for hydroxylation is 3. The molecule has 174 valence electrons. The molecule has 0 saturated carbocycles. The fourth-order valence-electron chi connectivity index (χ4n) is 4.17. The summed E-state index contributed by atoms with van der Waals surface area (Å²) in [5, 5.41) is 9.67. The van der Waals surface area contributed by atoms with Gasteiger partial charge in [0, 0.05) is 36.5 Å². The van der Waals surface area contributed by atoms with Crippen molar-refractivity contribution in [2.24, 2.45) is 5.92 Å². The van der Waals surface area contributed by atoms with E-state index in [4.69, 9.17) is 14.7 Å². The minimum Gasteiger partial charge on any atom is -0.465 e. The molecule has 1 fully saturated rings. The minimum atomic E-state index is -0.860. The topological polar surface area (TPSA) is 78.8 Å². The van der Waals surface area contributed by atoms with Crippen LogP contribution >= 0.6 is 0 Å². The van der Waals surface area contributed by atoms with Crippen LogP contribution in [0.2, 0.25) is 0 Å². The van der Waals surface area contributed by atoms with Gasteiger partial charge in [0.1, 0.15) is 5.82 Å². The van der Waals surface area contributed by atoms with Crippen molar-refractivity contribution in [3.8, 4) is 11.4 Å². The normalized spacial score (nSPS) is 16.8. The van der Waals surface area contributed by atoms with Crippen molar-refractivity contribution in [3.63, 3.8) is 0 Å². The van der Waals surface area contributed by atoms with Gasteiger partial charge in [-0.3, -0.25) is 0 Å². The fourth-order valence-corrected chi connectivity index (χ4v) is 4.17. The van der Waals surface area contributed by atoms with E-state index in [1.807, 2.05) is 20.8 Å². The quantitative estimate of drug-likeness (QED) is 0.694. The van der Waals surface area contributed by atoms with Crippen molar-refractivity contribution in [3.05, 3.63) is 40.6 Å². The number of ether oxygens (including phenoxy) is 1. The molecule has 1 aliphatic heterocycles. The molecule has 7 nitrogen and oxygen atoms in total. The molecule has 3 rings (SSSR count). The first-order valence-corrected chi connectivity index (χ1v) is 11.4. The summed E-state index contributed by atoms with van der Waals surface area (Å²) in [6.07, 6.45) is -0.769. The monoisotopic (exact) mass is 440 g/mol. The van der Waals surface area contributed by atoms with Crippen LogP contribution in [-0.4, -0.2) is 57.8 Å². The molecule has 1 saturated heterocycles. The average Bonchev–Trinajstić information content (AvgIpc) is 2.73. The maximum atomic E-state index is 11.8. The number of aromatic nitrogens is 2. The molecule has 0 bridgehead atoms. The number of carbonyl (C=O) groups is 1. The fraction of sp³-hybridized carbons (Fsp3) is 0.560. The van der Waals surface area contributed by atoms with Crippen molar-refractivity contribution in [2.75, 3.05) is 24.5 Å². The molecule has 7 heteroatoms. The van der Waals surface area contributed by atoms with Crippen molar-refractivity contribution in [2.45, 2.75) is 67.2 Å². The second-order valence-electron chi connectivity index (χ2n) is 9.35. The molecule has 1 aliphatic rings. The summed E-state index contributed by atoms with van der Waals surface area (Å²) in [7, 11) is 0. The molecule has 1 unspecified atom stereocenters. The molecule has 2 aromatic rings. The third-order valence-electron chi connectivity index (χ3n) is 6.12. The van der Waals surface area contributed by atoms with Gasteiger partial charge < -0.3 is 19.6 Å². The van der Waals surface area contributed by atoms with E-state index >= 15 is 0 Å². The number of rotatable bonds is 6. The highest BCUT2D eigenvalue weighted by Crippen LogP contribution is 2.30. The van der Waals surface area contributed by atoms with E-state index in [0.717, 1.165) is 33.8 Å². The summed E-state index contributed by atoms with van der Waals surface area (Å²) in [4.78, 5) is 25.5. The Bertz CT molecular complexity index is 974. The third-order valence-corrected chi connectivity index (χ3v) is 6.12. The Kier molecular flexibility index (Phi) is 7.39. The molecule has 1 aromatic heterocycles. The Morgan fingerprint density at radius 3 is 2.50 bits per heavy atom. The zero-order chi connectivity index (χ0) is 23.6. The van der Waals surface area contributed by atoms with Crippen LogP contribution in [0, 0.1) is 26.7 Å². The summed E-state index contributed by atoms with van der Waals surface area (Å²) < 4.78 is 5.95. The summed E-state index contributed by atoms with van der Waals surface area (Å²) in [6.45, 7) is 16.4. The van der Waals surface area contributed by atoms with Gasteiger partial charge in [0.2, 0.25) is 0 Å². The highest BCUT2D eigenvalue weighted by atomic mass is 16.5. The number of hydrogen-bond donors (Lipinski definition) is 1. The predicted octanol–water partition coefficient (Wildman–Crippen LogP) is 4.82. The smallest absolute Gasteiger partial charge is 0.407 e. The lowest BCUT2D eigenvalue weighted by Crippen LogP contribution is -2.57. The van der Waals surface area contributed by atoms with E-state index in [2.05, 4.69) is 50.8 Å². The summed E-state index contributed by atoms with van der Waals surface area (Å²) >= 11 is 0. The van der Waals surface area contributed by atoms with Crippen LogP contribution in [0.4, 0.5) is 10.6 Å². The lowest BCUT2D eigenvalue weighted by molar-refractivity contribution is 0.0649. The summed E-state index contributed by atoms with van der Waals surface area (Å²) in [5.41, 5.74) is 5.18. The van der Waals surface area contributed by atoms with Gasteiger partial charge in [0.05, 0.1) is 18.8 Å². The van der Waals surface area contributed by atoms with Crippen LogP contribution < -0.4 is 4.90 Å². The first-order valence-electron chi connectivity index (χ1n) is 11.4. The Labute approximate surface area is 191 Å². The van der Waals surface area contributed by atoms with Gasteiger partial charge in [0.15, 0.2) is 5.82 Å². The number of piperazine rings is 1. The lowest BCUT2D eigenvalue weighted by Gasteiger charge is -2.43. The van der Waals surface area contributed by atoms with Crippen LogP contribution in [0.25, 0.3) is 11.4 Å². The standard InChI is InChI=1S/C25H36N4O3/c1-15(2)22-13-28(10-11-29(22)25(30)31)24-21(14-32-16(3)4)19(7)26-23(27-24)20-12-17(5)8-9-18(20)6/h8-9,12,15-16,22H,10-11,13-14H2,1-7H3,(H,30,31). The summed E-state index contributed by atoms with van der Waals surface area (Å²) in [5.74, 6) is 1.75. The molecule has 1 N–H and O–H groups in total. The maximum Gasteiger partial charge on any atom is 0.407 e. The summed E-state index contributed by atoms with van der Waals surface area (Å²) in [6, 6.07) is 6.21. The Balaban J connectivity index is 2.08. The molecule has 0 aliphatic carbocycles. The van der Waals surface area contributed by atoms with Crippen LogP contribution in [0.3, 0.4) is 0 Å². The molecule has 0 spiro atoms. The maximum absolute atomic E-state index is 11.8. The van der Waals surface area contributed by atoms with Gasteiger partial charge >= 0.3 is 6.09 Å². The van der Waals surface area contributed by atoms with Crippen LogP contribution in [0.1, 0.15) is 50.1 Å². The Morgan fingerprint density at radius 1 is 1.16 bits per heavy atom. The van der Waals surface area contributed by atoms with E-state index in [1.165, 1.54) is 0 Å².